The van der Waals surface area contributed by atoms with Gasteiger partial charge in [0.15, 0.2) is 0 Å². The van der Waals surface area contributed by atoms with E-state index < -0.39 is 28.1 Å². The molecule has 0 radical (unpaired) electrons. The van der Waals surface area contributed by atoms with Crippen LogP contribution in [-0.4, -0.2) is 23.9 Å². The zero-order chi connectivity index (χ0) is 17.0. The molecule has 2 rings (SSSR count). The maximum atomic E-state index is 12.2. The highest BCUT2D eigenvalue weighted by Crippen LogP contribution is 2.20. The van der Waals surface area contributed by atoms with Gasteiger partial charge in [0.1, 0.15) is 5.75 Å². The van der Waals surface area contributed by atoms with Gasteiger partial charge in [-0.15, -0.1) is 0 Å². The van der Waals surface area contributed by atoms with Gasteiger partial charge in [-0.25, -0.2) is 0 Å². The molecule has 1 N–H and O–H groups in total. The van der Waals surface area contributed by atoms with Crippen LogP contribution in [-0.2, 0) is 0 Å². The Labute approximate surface area is 130 Å². The summed E-state index contributed by atoms with van der Waals surface area (Å²) in [5.74, 6) is -1.80. The van der Waals surface area contributed by atoms with Gasteiger partial charge in [-0.1, -0.05) is 0 Å². The summed E-state index contributed by atoms with van der Waals surface area (Å²) in [7, 11) is 1.50. The largest absolute Gasteiger partial charge is 0.545 e. The van der Waals surface area contributed by atoms with Crippen LogP contribution in [0.15, 0.2) is 42.5 Å². The number of carboxylic acid groups (broad SMARTS) is 1. The SMILES string of the molecule is COc1ccc(NC(=O)c2ccc([N+](=O)[O-])cc2C(=O)[O-])cc1. The lowest BCUT2D eigenvalue weighted by molar-refractivity contribution is -0.385. The second-order valence-electron chi connectivity index (χ2n) is 4.46. The van der Waals surface area contributed by atoms with Crippen LogP contribution < -0.4 is 15.2 Å². The minimum atomic E-state index is -1.67. The summed E-state index contributed by atoms with van der Waals surface area (Å²) in [6.07, 6.45) is 0. The van der Waals surface area contributed by atoms with Crippen LogP contribution in [0.25, 0.3) is 0 Å². The minimum Gasteiger partial charge on any atom is -0.545 e. The Balaban J connectivity index is 2.30. The van der Waals surface area contributed by atoms with E-state index in [1.54, 1.807) is 24.3 Å². The number of amides is 1. The Kier molecular flexibility index (Phi) is 4.55. The molecule has 8 nitrogen and oxygen atoms in total. The van der Waals surface area contributed by atoms with Crippen LogP contribution in [0.4, 0.5) is 11.4 Å². The van der Waals surface area contributed by atoms with Crippen LogP contribution >= 0.6 is 0 Å². The molecule has 0 saturated carbocycles. The predicted molar refractivity (Wildman–Crippen MR) is 78.4 cm³/mol. The van der Waals surface area contributed by atoms with Crippen molar-refractivity contribution in [3.63, 3.8) is 0 Å². The van der Waals surface area contributed by atoms with Crippen molar-refractivity contribution < 1.29 is 24.4 Å². The first-order valence-electron chi connectivity index (χ1n) is 6.37. The van der Waals surface area contributed by atoms with Crippen LogP contribution in [0.5, 0.6) is 5.75 Å². The minimum absolute atomic E-state index is 0.230. The standard InChI is InChI=1S/C15H12N2O6/c1-23-11-5-2-9(3-6-11)16-14(18)12-7-4-10(17(21)22)8-13(12)15(19)20/h2-8H,1H3,(H,16,18)(H,19,20)/p-1. The molecule has 8 heteroatoms. The molecular formula is C15H11N2O6-. The second-order valence-corrected chi connectivity index (χ2v) is 4.46. The number of hydrogen-bond acceptors (Lipinski definition) is 6. The molecule has 0 saturated heterocycles. The Hall–Kier alpha value is -3.42. The average molecular weight is 315 g/mol. The monoisotopic (exact) mass is 315 g/mol. The molecule has 0 fully saturated rings. The first kappa shape index (κ1) is 16.0. The topological polar surface area (TPSA) is 122 Å². The molecule has 2 aromatic carbocycles. The molecule has 0 spiro atoms. The molecule has 0 atom stereocenters. The van der Waals surface area contributed by atoms with Gasteiger partial charge in [-0.2, -0.15) is 0 Å². The zero-order valence-corrected chi connectivity index (χ0v) is 11.9. The number of ether oxygens (including phenoxy) is 1. The van der Waals surface area contributed by atoms with Crippen molar-refractivity contribution in [1.82, 2.24) is 0 Å². The van der Waals surface area contributed by atoms with Gasteiger partial charge in [0, 0.05) is 28.9 Å². The molecule has 1 amide bonds. The number of carboxylic acids is 1. The molecule has 23 heavy (non-hydrogen) atoms. The first-order chi connectivity index (χ1) is 10.9. The number of methoxy groups -OCH3 is 1. The number of rotatable bonds is 5. The summed E-state index contributed by atoms with van der Waals surface area (Å²) in [6, 6.07) is 9.29. The number of carbonyl (C=O) groups is 2. The van der Waals surface area contributed by atoms with Gasteiger partial charge in [-0.3, -0.25) is 14.9 Å². The molecule has 0 aliphatic heterocycles. The van der Waals surface area contributed by atoms with E-state index in [1.807, 2.05) is 0 Å². The third-order valence-corrected chi connectivity index (χ3v) is 3.03. The highest BCUT2D eigenvalue weighted by Gasteiger charge is 2.17. The molecule has 0 aliphatic carbocycles. The van der Waals surface area contributed by atoms with Gasteiger partial charge in [0.05, 0.1) is 18.0 Å². The highest BCUT2D eigenvalue weighted by atomic mass is 16.6. The van der Waals surface area contributed by atoms with Crippen LogP contribution in [0, 0.1) is 10.1 Å². The second kappa shape index (κ2) is 6.56. The molecule has 0 heterocycles. The smallest absolute Gasteiger partial charge is 0.270 e. The molecular weight excluding hydrogens is 304 g/mol. The van der Waals surface area contributed by atoms with Crippen LogP contribution in [0.3, 0.4) is 0 Å². The highest BCUT2D eigenvalue weighted by molar-refractivity contribution is 6.10. The summed E-state index contributed by atoms with van der Waals surface area (Å²) < 4.78 is 4.98. The number of nitrogens with one attached hydrogen (secondary N) is 1. The summed E-state index contributed by atoms with van der Waals surface area (Å²) in [6.45, 7) is 0. The van der Waals surface area contributed by atoms with E-state index in [2.05, 4.69) is 5.32 Å². The Morgan fingerprint density at radius 2 is 1.74 bits per heavy atom. The van der Waals surface area contributed by atoms with E-state index in [0.29, 0.717) is 11.4 Å². The number of anilines is 1. The van der Waals surface area contributed by atoms with Crippen molar-refractivity contribution in [2.24, 2.45) is 0 Å². The zero-order valence-electron chi connectivity index (χ0n) is 11.9. The van der Waals surface area contributed by atoms with E-state index in [4.69, 9.17) is 4.74 Å². The van der Waals surface area contributed by atoms with Gasteiger partial charge in [0.25, 0.3) is 11.6 Å². The van der Waals surface area contributed by atoms with E-state index in [0.717, 1.165) is 18.2 Å². The Bertz CT molecular complexity index is 770. The average Bonchev–Trinajstić information content (AvgIpc) is 2.54. The van der Waals surface area contributed by atoms with E-state index in [-0.39, 0.29) is 5.56 Å². The van der Waals surface area contributed by atoms with Crippen LogP contribution in [0.1, 0.15) is 20.7 Å². The molecule has 0 unspecified atom stereocenters. The molecule has 2 aromatic rings. The van der Waals surface area contributed by atoms with E-state index >= 15 is 0 Å². The Morgan fingerprint density at radius 1 is 1.09 bits per heavy atom. The lowest BCUT2D eigenvalue weighted by Crippen LogP contribution is -2.26. The third kappa shape index (κ3) is 3.62. The van der Waals surface area contributed by atoms with Crippen molar-refractivity contribution in [1.29, 1.82) is 0 Å². The fraction of sp³-hybridized carbons (Fsp3) is 0.0667. The van der Waals surface area contributed by atoms with E-state index in [9.17, 15) is 24.8 Å². The summed E-state index contributed by atoms with van der Waals surface area (Å²) in [5.41, 5.74) is -0.805. The number of nitro groups is 1. The lowest BCUT2D eigenvalue weighted by Gasteiger charge is -2.11. The first-order valence-corrected chi connectivity index (χ1v) is 6.37. The van der Waals surface area contributed by atoms with Gasteiger partial charge < -0.3 is 20.0 Å². The molecule has 0 bridgehead atoms. The van der Waals surface area contributed by atoms with Crippen molar-refractivity contribution in [3.8, 4) is 5.75 Å². The van der Waals surface area contributed by atoms with Crippen molar-refractivity contribution in [2.45, 2.75) is 0 Å². The number of carbonyl (C=O) groups excluding carboxylic acids is 2. The fourth-order valence-corrected chi connectivity index (χ4v) is 1.89. The third-order valence-electron chi connectivity index (χ3n) is 3.03. The van der Waals surface area contributed by atoms with Crippen molar-refractivity contribution in [3.05, 3.63) is 63.7 Å². The predicted octanol–water partition coefficient (Wildman–Crippen LogP) is 1.22. The number of aromatic carboxylic acids is 1. The van der Waals surface area contributed by atoms with Gasteiger partial charge >= 0.3 is 0 Å². The fourth-order valence-electron chi connectivity index (χ4n) is 1.89. The number of nitrogens with zero attached hydrogens (tertiary/aromatic N) is 1. The van der Waals surface area contributed by atoms with Gasteiger partial charge in [0.2, 0.25) is 0 Å². The molecule has 0 aromatic heterocycles. The van der Waals surface area contributed by atoms with Gasteiger partial charge in [-0.05, 0) is 30.3 Å². The molecule has 0 aliphatic rings. The van der Waals surface area contributed by atoms with Crippen molar-refractivity contribution >= 4 is 23.3 Å². The molecule has 118 valence electrons. The van der Waals surface area contributed by atoms with Crippen LogP contribution in [0.2, 0.25) is 0 Å². The van der Waals surface area contributed by atoms with Crippen molar-refractivity contribution in [2.75, 3.05) is 12.4 Å². The summed E-state index contributed by atoms with van der Waals surface area (Å²) >= 11 is 0. The number of hydrogen-bond donors (Lipinski definition) is 1. The number of nitro benzene ring substituents is 1. The van der Waals surface area contributed by atoms with E-state index in [1.165, 1.54) is 7.11 Å². The quantitative estimate of drug-likeness (QED) is 0.654. The number of benzene rings is 2. The maximum absolute atomic E-state index is 12.2. The number of non-ortho nitro benzene ring substituents is 1. The summed E-state index contributed by atoms with van der Waals surface area (Å²) in [4.78, 5) is 33.2. The maximum Gasteiger partial charge on any atom is 0.270 e. The lowest BCUT2D eigenvalue weighted by atomic mass is 10.1. The summed E-state index contributed by atoms with van der Waals surface area (Å²) in [5, 5.41) is 24.3. The normalized spacial score (nSPS) is 9.96. The Morgan fingerprint density at radius 3 is 2.26 bits per heavy atom.